The Morgan fingerprint density at radius 1 is 1.26 bits per heavy atom. The number of carbonyl (C=O) groups excluding carboxylic acids is 2. The summed E-state index contributed by atoms with van der Waals surface area (Å²) in [6.07, 6.45) is 1.54. The lowest BCUT2D eigenvalue weighted by atomic mass is 9.85. The Kier molecular flexibility index (Phi) is 3.43. The molecule has 2 aliphatic rings. The molecule has 1 fully saturated rings. The highest BCUT2D eigenvalue weighted by atomic mass is 35.5. The molecule has 1 atom stereocenters. The molecule has 0 N–H and O–H groups in total. The maximum Gasteiger partial charge on any atom is 0.339 e. The van der Waals surface area contributed by atoms with Crippen LogP contribution in [0, 0.1) is 0 Å². The SMILES string of the molecule is O=C1O[C@]2(CCCN(C(=O)c3ccc(Cl)s3)C2)c2ccccc21. The molecule has 1 aromatic heterocycles. The fourth-order valence-corrected chi connectivity index (χ4v) is 4.44. The van der Waals surface area contributed by atoms with Gasteiger partial charge in [-0.15, -0.1) is 11.3 Å². The molecule has 23 heavy (non-hydrogen) atoms. The van der Waals surface area contributed by atoms with Gasteiger partial charge in [0.15, 0.2) is 5.60 Å². The summed E-state index contributed by atoms with van der Waals surface area (Å²) in [6.45, 7) is 1.06. The van der Waals surface area contributed by atoms with Crippen LogP contribution < -0.4 is 0 Å². The van der Waals surface area contributed by atoms with E-state index in [1.165, 1.54) is 11.3 Å². The number of benzene rings is 1. The van der Waals surface area contributed by atoms with E-state index >= 15 is 0 Å². The maximum atomic E-state index is 12.7. The lowest BCUT2D eigenvalue weighted by Gasteiger charge is -2.39. The Labute approximate surface area is 142 Å². The third kappa shape index (κ3) is 2.35. The van der Waals surface area contributed by atoms with Gasteiger partial charge in [0.2, 0.25) is 0 Å². The van der Waals surface area contributed by atoms with Crippen molar-refractivity contribution in [3.8, 4) is 0 Å². The first-order chi connectivity index (χ1) is 11.1. The molecule has 2 aromatic rings. The highest BCUT2D eigenvalue weighted by molar-refractivity contribution is 7.17. The molecule has 0 bridgehead atoms. The first kappa shape index (κ1) is 14.7. The molecule has 1 spiro atoms. The molecule has 0 aliphatic carbocycles. The second kappa shape index (κ2) is 5.35. The van der Waals surface area contributed by atoms with Crippen LogP contribution in [0.2, 0.25) is 4.34 Å². The van der Waals surface area contributed by atoms with E-state index in [1.54, 1.807) is 23.1 Å². The zero-order valence-corrected chi connectivity index (χ0v) is 13.8. The Morgan fingerprint density at radius 2 is 2.09 bits per heavy atom. The van der Waals surface area contributed by atoms with E-state index in [9.17, 15) is 9.59 Å². The summed E-state index contributed by atoms with van der Waals surface area (Å²) >= 11 is 7.20. The molecular formula is C17H14ClNO3S. The van der Waals surface area contributed by atoms with Crippen LogP contribution in [0.25, 0.3) is 0 Å². The Bertz CT molecular complexity index is 803. The number of rotatable bonds is 1. The summed E-state index contributed by atoms with van der Waals surface area (Å²) in [4.78, 5) is 27.2. The number of fused-ring (bicyclic) bond motifs is 2. The Hall–Kier alpha value is -1.85. The molecule has 4 nitrogen and oxygen atoms in total. The highest BCUT2D eigenvalue weighted by Crippen LogP contribution is 2.43. The van der Waals surface area contributed by atoms with Gasteiger partial charge in [-0.2, -0.15) is 0 Å². The average molecular weight is 348 g/mol. The highest BCUT2D eigenvalue weighted by Gasteiger charge is 2.48. The van der Waals surface area contributed by atoms with E-state index in [4.69, 9.17) is 16.3 Å². The number of nitrogens with zero attached hydrogens (tertiary/aromatic N) is 1. The Balaban J connectivity index is 1.66. The van der Waals surface area contributed by atoms with Crippen LogP contribution >= 0.6 is 22.9 Å². The average Bonchev–Trinajstić information content (AvgIpc) is 3.10. The number of hydrogen-bond acceptors (Lipinski definition) is 4. The number of esters is 1. The lowest BCUT2D eigenvalue weighted by Crippen LogP contribution is -2.48. The molecular weight excluding hydrogens is 334 g/mol. The summed E-state index contributed by atoms with van der Waals surface area (Å²) in [7, 11) is 0. The molecule has 6 heteroatoms. The molecule has 1 amide bonds. The number of halogens is 1. The quantitative estimate of drug-likeness (QED) is 0.739. The van der Waals surface area contributed by atoms with Gasteiger partial charge in [0, 0.05) is 12.1 Å². The van der Waals surface area contributed by atoms with E-state index in [1.807, 2.05) is 18.2 Å². The second-order valence-corrected chi connectivity index (χ2v) is 7.58. The molecule has 3 heterocycles. The van der Waals surface area contributed by atoms with Crippen molar-refractivity contribution in [3.63, 3.8) is 0 Å². The van der Waals surface area contributed by atoms with Crippen LogP contribution in [0.1, 0.15) is 38.4 Å². The number of hydrogen-bond donors (Lipinski definition) is 0. The second-order valence-electron chi connectivity index (χ2n) is 5.86. The van der Waals surface area contributed by atoms with Crippen molar-refractivity contribution in [2.45, 2.75) is 18.4 Å². The zero-order valence-electron chi connectivity index (χ0n) is 12.3. The molecule has 0 unspecified atom stereocenters. The first-order valence-corrected chi connectivity index (χ1v) is 8.66. The summed E-state index contributed by atoms with van der Waals surface area (Å²) in [6, 6.07) is 10.9. The number of likely N-dealkylation sites (tertiary alicyclic amines) is 1. The van der Waals surface area contributed by atoms with E-state index in [-0.39, 0.29) is 11.9 Å². The van der Waals surface area contributed by atoms with Crippen molar-refractivity contribution >= 4 is 34.8 Å². The van der Waals surface area contributed by atoms with Crippen molar-refractivity contribution in [2.24, 2.45) is 0 Å². The predicted octanol–water partition coefficient (Wildman–Crippen LogP) is 3.70. The molecule has 1 aromatic carbocycles. The third-order valence-electron chi connectivity index (χ3n) is 4.45. The molecule has 4 rings (SSSR count). The largest absolute Gasteiger partial charge is 0.449 e. The van der Waals surface area contributed by atoms with E-state index in [2.05, 4.69) is 0 Å². The van der Waals surface area contributed by atoms with E-state index < -0.39 is 5.60 Å². The van der Waals surface area contributed by atoms with Gasteiger partial charge in [-0.05, 0) is 31.0 Å². The standard InChI is InChI=1S/C17H14ClNO3S/c18-14-7-6-13(23-14)15(20)19-9-3-8-17(10-19)12-5-2-1-4-11(12)16(21)22-17/h1-2,4-7H,3,8-10H2/t17-/m0/s1. The van der Waals surface area contributed by atoms with Gasteiger partial charge >= 0.3 is 5.97 Å². The summed E-state index contributed by atoms with van der Waals surface area (Å²) in [5.41, 5.74) is 0.801. The number of piperidine rings is 1. The lowest BCUT2D eigenvalue weighted by molar-refractivity contribution is -0.0441. The van der Waals surface area contributed by atoms with E-state index in [0.29, 0.717) is 27.9 Å². The molecule has 118 valence electrons. The number of amides is 1. The molecule has 2 aliphatic heterocycles. The minimum atomic E-state index is -0.706. The topological polar surface area (TPSA) is 46.6 Å². The van der Waals surface area contributed by atoms with Crippen molar-refractivity contribution in [1.29, 1.82) is 0 Å². The third-order valence-corrected chi connectivity index (χ3v) is 5.67. The monoisotopic (exact) mass is 347 g/mol. The number of carbonyl (C=O) groups is 2. The van der Waals surface area contributed by atoms with Gasteiger partial charge in [-0.3, -0.25) is 4.79 Å². The van der Waals surface area contributed by atoms with Crippen molar-refractivity contribution in [2.75, 3.05) is 13.1 Å². The minimum absolute atomic E-state index is 0.0543. The van der Waals surface area contributed by atoms with Crippen LogP contribution in [0.3, 0.4) is 0 Å². The number of ether oxygens (including phenoxy) is 1. The molecule has 1 saturated heterocycles. The maximum absolute atomic E-state index is 12.7. The fraction of sp³-hybridized carbons (Fsp3) is 0.294. The number of thiophene rings is 1. The van der Waals surface area contributed by atoms with Gasteiger partial charge in [0.25, 0.3) is 5.91 Å². The predicted molar refractivity (Wildman–Crippen MR) is 88.0 cm³/mol. The van der Waals surface area contributed by atoms with Gasteiger partial charge in [-0.1, -0.05) is 29.8 Å². The van der Waals surface area contributed by atoms with Crippen LogP contribution in [0.15, 0.2) is 36.4 Å². The normalized spacial score (nSPS) is 23.0. The summed E-state index contributed by atoms with van der Waals surface area (Å²) < 4.78 is 6.32. The first-order valence-electron chi connectivity index (χ1n) is 7.46. The van der Waals surface area contributed by atoms with Gasteiger partial charge in [0.05, 0.1) is 21.3 Å². The van der Waals surface area contributed by atoms with Crippen LogP contribution in [0.4, 0.5) is 0 Å². The molecule has 0 saturated carbocycles. The van der Waals surface area contributed by atoms with Crippen LogP contribution in [-0.4, -0.2) is 29.9 Å². The van der Waals surface area contributed by atoms with Crippen molar-refractivity contribution < 1.29 is 14.3 Å². The minimum Gasteiger partial charge on any atom is -0.449 e. The van der Waals surface area contributed by atoms with Crippen molar-refractivity contribution in [3.05, 3.63) is 56.7 Å². The summed E-state index contributed by atoms with van der Waals surface area (Å²) in [5.74, 6) is -0.351. The summed E-state index contributed by atoms with van der Waals surface area (Å²) in [5, 5.41) is 0. The van der Waals surface area contributed by atoms with Gasteiger partial charge in [-0.25, -0.2) is 4.79 Å². The zero-order chi connectivity index (χ0) is 16.0. The molecule has 0 radical (unpaired) electrons. The van der Waals surface area contributed by atoms with Crippen LogP contribution in [0.5, 0.6) is 0 Å². The Morgan fingerprint density at radius 3 is 2.87 bits per heavy atom. The van der Waals surface area contributed by atoms with Crippen LogP contribution in [-0.2, 0) is 10.3 Å². The van der Waals surface area contributed by atoms with Gasteiger partial charge < -0.3 is 9.64 Å². The van der Waals surface area contributed by atoms with Crippen molar-refractivity contribution in [1.82, 2.24) is 4.90 Å². The van der Waals surface area contributed by atoms with Gasteiger partial charge in [0.1, 0.15) is 0 Å². The fourth-order valence-electron chi connectivity index (χ4n) is 3.43. The smallest absolute Gasteiger partial charge is 0.339 e. The van der Waals surface area contributed by atoms with E-state index in [0.717, 1.165) is 18.4 Å².